The Bertz CT molecular complexity index is 1570. The molecule has 35 heavy (non-hydrogen) atoms. The van der Waals surface area contributed by atoms with E-state index in [1.807, 2.05) is 18.2 Å². The van der Waals surface area contributed by atoms with Crippen molar-refractivity contribution in [3.63, 3.8) is 0 Å². The smallest absolute Gasteiger partial charge is 0.198 e. The number of rotatable bonds is 6. The van der Waals surface area contributed by atoms with Gasteiger partial charge in [0.15, 0.2) is 22.8 Å². The Hall–Kier alpha value is -4.78. The third-order valence-electron chi connectivity index (χ3n) is 5.90. The molecule has 0 saturated heterocycles. The molecule has 7 nitrogen and oxygen atoms in total. The minimum atomic E-state index is -0.166. The first kappa shape index (κ1) is 20.8. The van der Waals surface area contributed by atoms with E-state index in [2.05, 4.69) is 5.16 Å². The van der Waals surface area contributed by atoms with Crippen LogP contribution in [0.3, 0.4) is 0 Å². The zero-order valence-corrected chi connectivity index (χ0v) is 18.9. The number of ketones is 1. The van der Waals surface area contributed by atoms with Crippen molar-refractivity contribution in [3.8, 4) is 45.8 Å². The van der Waals surface area contributed by atoms with Gasteiger partial charge in [-0.3, -0.25) is 4.79 Å². The molecule has 0 N–H and O–H groups in total. The number of carbonyl (C=O) groups is 1. The Morgan fingerprint density at radius 1 is 0.686 bits per heavy atom. The second-order valence-corrected chi connectivity index (χ2v) is 7.91. The third-order valence-corrected chi connectivity index (χ3v) is 5.90. The van der Waals surface area contributed by atoms with Crippen LogP contribution in [0, 0.1) is 0 Å². The molecule has 1 aliphatic rings. The maximum Gasteiger partial charge on any atom is 0.198 e. The van der Waals surface area contributed by atoms with Crippen LogP contribution in [0.25, 0.3) is 22.2 Å². The average molecular weight is 465 g/mol. The molecule has 0 amide bonds. The summed E-state index contributed by atoms with van der Waals surface area (Å²) >= 11 is 0. The summed E-state index contributed by atoms with van der Waals surface area (Å²) in [6.07, 6.45) is 0. The maximum atomic E-state index is 13.6. The maximum absolute atomic E-state index is 13.6. The lowest BCUT2D eigenvalue weighted by molar-refractivity contribution is 0.103. The lowest BCUT2D eigenvalue weighted by atomic mass is 9.87. The largest absolute Gasteiger partial charge is 0.497 e. The van der Waals surface area contributed by atoms with Crippen molar-refractivity contribution >= 4 is 16.7 Å². The summed E-state index contributed by atoms with van der Waals surface area (Å²) in [7, 11) is 3.20. The first-order valence-corrected chi connectivity index (χ1v) is 10.9. The Morgan fingerprint density at radius 3 is 1.83 bits per heavy atom. The highest BCUT2D eigenvalue weighted by Crippen LogP contribution is 2.48. The summed E-state index contributed by atoms with van der Waals surface area (Å²) in [5, 5.41) is 4.83. The normalized spacial score (nSPS) is 11.8. The SMILES string of the molecule is COc1ccc(Oc2cc(Oc3ccc(OC)cc3)c3noc4c3c2C(=O)c2ccccc2-4)cc1. The molecular formula is C28H19NO6. The first-order valence-electron chi connectivity index (χ1n) is 10.9. The summed E-state index contributed by atoms with van der Waals surface area (Å²) in [6, 6.07) is 23.3. The molecule has 0 saturated carbocycles. The van der Waals surface area contributed by atoms with Gasteiger partial charge in [-0.25, -0.2) is 0 Å². The second kappa shape index (κ2) is 8.22. The predicted molar refractivity (Wildman–Crippen MR) is 129 cm³/mol. The van der Waals surface area contributed by atoms with Crippen molar-refractivity contribution in [1.29, 1.82) is 0 Å². The summed E-state index contributed by atoms with van der Waals surface area (Å²) in [6.45, 7) is 0. The molecule has 1 aromatic heterocycles. The van der Waals surface area contributed by atoms with Crippen LogP contribution in [0.4, 0.5) is 0 Å². The topological polar surface area (TPSA) is 80.0 Å². The van der Waals surface area contributed by atoms with Gasteiger partial charge in [-0.2, -0.15) is 0 Å². The molecule has 0 atom stereocenters. The van der Waals surface area contributed by atoms with Gasteiger partial charge in [0.1, 0.15) is 28.7 Å². The van der Waals surface area contributed by atoms with Crippen LogP contribution >= 0.6 is 0 Å². The molecule has 5 aromatic rings. The van der Waals surface area contributed by atoms with E-state index in [0.29, 0.717) is 67.9 Å². The molecule has 0 aliphatic heterocycles. The molecule has 0 unspecified atom stereocenters. The van der Waals surface area contributed by atoms with Gasteiger partial charge in [-0.05, 0) is 48.5 Å². The van der Waals surface area contributed by atoms with Crippen molar-refractivity contribution < 1.29 is 28.3 Å². The number of carbonyl (C=O) groups excluding carboxylic acids is 1. The zero-order chi connectivity index (χ0) is 23.9. The Morgan fingerprint density at radius 2 is 1.23 bits per heavy atom. The molecule has 0 spiro atoms. The van der Waals surface area contributed by atoms with E-state index in [0.717, 1.165) is 0 Å². The number of benzene rings is 4. The number of fused-ring (bicyclic) bond motifs is 2. The van der Waals surface area contributed by atoms with Gasteiger partial charge in [-0.15, -0.1) is 0 Å². The standard InChI is InChI=1S/C28H19NO6/c1-31-16-7-11-18(12-8-16)33-22-15-23(34-19-13-9-17(32-2)10-14-19)26-25-24(22)27(30)20-5-3-4-6-21(20)28(25)35-29-26/h3-15H,1-2H3. The Kier molecular flexibility index (Phi) is 4.88. The van der Waals surface area contributed by atoms with E-state index in [-0.39, 0.29) is 5.78 Å². The van der Waals surface area contributed by atoms with Gasteiger partial charge in [0.25, 0.3) is 0 Å². The number of ether oxygens (including phenoxy) is 4. The Balaban J connectivity index is 1.53. The van der Waals surface area contributed by atoms with Gasteiger partial charge in [0.05, 0.1) is 25.2 Å². The van der Waals surface area contributed by atoms with Crippen LogP contribution in [0.2, 0.25) is 0 Å². The fraction of sp³-hybridized carbons (Fsp3) is 0.0714. The zero-order valence-electron chi connectivity index (χ0n) is 18.9. The summed E-state index contributed by atoms with van der Waals surface area (Å²) in [4.78, 5) is 13.6. The molecule has 172 valence electrons. The van der Waals surface area contributed by atoms with Crippen LogP contribution in [0.5, 0.6) is 34.5 Å². The molecule has 1 aliphatic carbocycles. The minimum absolute atomic E-state index is 0.166. The van der Waals surface area contributed by atoms with Gasteiger partial charge >= 0.3 is 0 Å². The summed E-state index contributed by atoms with van der Waals surface area (Å²) < 4.78 is 28.6. The van der Waals surface area contributed by atoms with E-state index in [9.17, 15) is 4.79 Å². The van der Waals surface area contributed by atoms with Crippen molar-refractivity contribution in [2.24, 2.45) is 0 Å². The van der Waals surface area contributed by atoms with Crippen LogP contribution in [0.15, 0.2) is 83.4 Å². The van der Waals surface area contributed by atoms with Crippen LogP contribution < -0.4 is 18.9 Å². The molecule has 0 radical (unpaired) electrons. The monoisotopic (exact) mass is 465 g/mol. The fourth-order valence-electron chi connectivity index (χ4n) is 4.20. The number of hydrogen-bond donors (Lipinski definition) is 0. The fourth-order valence-corrected chi connectivity index (χ4v) is 4.20. The van der Waals surface area contributed by atoms with Crippen molar-refractivity contribution in [2.45, 2.75) is 0 Å². The molecule has 6 rings (SSSR count). The lowest BCUT2D eigenvalue weighted by Gasteiger charge is -2.19. The molecule has 4 aromatic carbocycles. The van der Waals surface area contributed by atoms with Gasteiger partial charge in [0.2, 0.25) is 0 Å². The highest BCUT2D eigenvalue weighted by Gasteiger charge is 2.34. The third kappa shape index (κ3) is 3.45. The van der Waals surface area contributed by atoms with Crippen LogP contribution in [0.1, 0.15) is 15.9 Å². The predicted octanol–water partition coefficient (Wildman–Crippen LogP) is 6.64. The quantitative estimate of drug-likeness (QED) is 0.273. The van der Waals surface area contributed by atoms with E-state index in [1.54, 1.807) is 74.9 Å². The highest BCUT2D eigenvalue weighted by atomic mass is 16.5. The number of aromatic nitrogens is 1. The van der Waals surface area contributed by atoms with Crippen LogP contribution in [-0.4, -0.2) is 25.2 Å². The summed E-state index contributed by atoms with van der Waals surface area (Å²) in [5.41, 5.74) is 2.04. The summed E-state index contributed by atoms with van der Waals surface area (Å²) in [5.74, 6) is 3.61. The van der Waals surface area contributed by atoms with E-state index < -0.39 is 0 Å². The van der Waals surface area contributed by atoms with Crippen molar-refractivity contribution in [1.82, 2.24) is 5.16 Å². The highest BCUT2D eigenvalue weighted by molar-refractivity contribution is 6.26. The number of hydrogen-bond acceptors (Lipinski definition) is 7. The number of nitrogens with zero attached hydrogens (tertiary/aromatic N) is 1. The minimum Gasteiger partial charge on any atom is -0.497 e. The van der Waals surface area contributed by atoms with Gasteiger partial charge < -0.3 is 23.5 Å². The van der Waals surface area contributed by atoms with E-state index >= 15 is 0 Å². The second-order valence-electron chi connectivity index (χ2n) is 7.91. The van der Waals surface area contributed by atoms with Gasteiger partial charge in [0, 0.05) is 17.2 Å². The molecule has 1 heterocycles. The molecule has 7 heteroatoms. The molecular weight excluding hydrogens is 446 g/mol. The van der Waals surface area contributed by atoms with E-state index in [4.69, 9.17) is 23.5 Å². The van der Waals surface area contributed by atoms with Crippen molar-refractivity contribution in [2.75, 3.05) is 14.2 Å². The van der Waals surface area contributed by atoms with Crippen molar-refractivity contribution in [3.05, 3.63) is 90.0 Å². The lowest BCUT2D eigenvalue weighted by Crippen LogP contribution is -2.10. The van der Waals surface area contributed by atoms with Gasteiger partial charge in [-0.1, -0.05) is 29.4 Å². The number of methoxy groups -OCH3 is 2. The Labute approximate surface area is 200 Å². The molecule has 0 fully saturated rings. The van der Waals surface area contributed by atoms with E-state index in [1.165, 1.54) is 0 Å². The van der Waals surface area contributed by atoms with Crippen LogP contribution in [-0.2, 0) is 0 Å². The molecule has 0 bridgehead atoms. The first-order chi connectivity index (χ1) is 17.2. The average Bonchev–Trinajstić information content (AvgIpc) is 3.35.